The third kappa shape index (κ3) is 1.89. The maximum absolute atomic E-state index is 11.8. The number of Topliss-reactive ketones (excluding diaryl/α,β-unsaturated/α-hetero) is 1. The fourth-order valence-electron chi connectivity index (χ4n) is 1.76. The molecule has 2 aromatic rings. The summed E-state index contributed by atoms with van der Waals surface area (Å²) in [6.45, 7) is 0.245. The van der Waals surface area contributed by atoms with E-state index < -0.39 is 0 Å². The predicted molar refractivity (Wildman–Crippen MR) is 59.3 cm³/mol. The van der Waals surface area contributed by atoms with Crippen LogP contribution >= 0.6 is 0 Å². The SMILES string of the molecule is O=C(Cc1ccc2c(c1)OCO2)c1ccoc1. The lowest BCUT2D eigenvalue weighted by atomic mass is 10.0. The van der Waals surface area contributed by atoms with Crippen molar-refractivity contribution in [2.75, 3.05) is 6.79 Å². The molecule has 0 atom stereocenters. The van der Waals surface area contributed by atoms with Crippen LogP contribution in [0, 0.1) is 0 Å². The summed E-state index contributed by atoms with van der Waals surface area (Å²) in [4.78, 5) is 11.8. The minimum Gasteiger partial charge on any atom is -0.472 e. The number of ketones is 1. The van der Waals surface area contributed by atoms with Gasteiger partial charge in [0, 0.05) is 6.42 Å². The lowest BCUT2D eigenvalue weighted by Gasteiger charge is -2.01. The Hall–Kier alpha value is -2.23. The van der Waals surface area contributed by atoms with Crippen LogP contribution in [0.5, 0.6) is 11.5 Å². The van der Waals surface area contributed by atoms with Gasteiger partial charge < -0.3 is 13.9 Å². The highest BCUT2D eigenvalue weighted by atomic mass is 16.7. The fourth-order valence-corrected chi connectivity index (χ4v) is 1.76. The van der Waals surface area contributed by atoms with E-state index in [-0.39, 0.29) is 12.6 Å². The van der Waals surface area contributed by atoms with Crippen molar-refractivity contribution in [2.45, 2.75) is 6.42 Å². The van der Waals surface area contributed by atoms with Gasteiger partial charge in [-0.05, 0) is 23.8 Å². The van der Waals surface area contributed by atoms with Crippen LogP contribution in [0.3, 0.4) is 0 Å². The van der Waals surface area contributed by atoms with E-state index in [2.05, 4.69) is 0 Å². The quantitative estimate of drug-likeness (QED) is 0.760. The normalized spacial score (nSPS) is 12.7. The molecule has 0 aliphatic carbocycles. The Bertz CT molecular complexity index is 543. The van der Waals surface area contributed by atoms with E-state index in [0.29, 0.717) is 17.7 Å². The molecule has 17 heavy (non-hydrogen) atoms. The second kappa shape index (κ2) is 3.97. The number of furan rings is 1. The summed E-state index contributed by atoms with van der Waals surface area (Å²) in [6, 6.07) is 7.18. The Kier molecular flexibility index (Phi) is 2.33. The van der Waals surface area contributed by atoms with Gasteiger partial charge in [0.25, 0.3) is 0 Å². The molecule has 0 saturated heterocycles. The van der Waals surface area contributed by atoms with Crippen molar-refractivity contribution in [3.63, 3.8) is 0 Å². The molecule has 4 heteroatoms. The van der Waals surface area contributed by atoms with Gasteiger partial charge in [0.1, 0.15) is 6.26 Å². The summed E-state index contributed by atoms with van der Waals surface area (Å²) in [5, 5.41) is 0. The minimum absolute atomic E-state index is 0.0256. The third-order valence-corrected chi connectivity index (χ3v) is 2.64. The van der Waals surface area contributed by atoms with Gasteiger partial charge in [0.15, 0.2) is 17.3 Å². The van der Waals surface area contributed by atoms with Gasteiger partial charge in [-0.2, -0.15) is 0 Å². The van der Waals surface area contributed by atoms with Gasteiger partial charge in [0.2, 0.25) is 6.79 Å². The number of carbonyl (C=O) groups excluding carboxylic acids is 1. The van der Waals surface area contributed by atoms with Crippen LogP contribution in [0.15, 0.2) is 41.2 Å². The first-order valence-electron chi connectivity index (χ1n) is 5.27. The van der Waals surface area contributed by atoms with Crippen LogP contribution in [0.25, 0.3) is 0 Å². The number of ether oxygens (including phenoxy) is 2. The topological polar surface area (TPSA) is 48.7 Å². The highest BCUT2D eigenvalue weighted by Gasteiger charge is 2.15. The molecule has 0 fully saturated rings. The number of benzene rings is 1. The largest absolute Gasteiger partial charge is 0.472 e. The van der Waals surface area contributed by atoms with Crippen LogP contribution in [0.2, 0.25) is 0 Å². The molecule has 3 rings (SSSR count). The number of carbonyl (C=O) groups is 1. The Morgan fingerprint density at radius 1 is 1.18 bits per heavy atom. The summed E-state index contributed by atoms with van der Waals surface area (Å²) in [7, 11) is 0. The van der Waals surface area contributed by atoms with E-state index in [1.807, 2.05) is 18.2 Å². The second-order valence-corrected chi connectivity index (χ2v) is 3.80. The van der Waals surface area contributed by atoms with Gasteiger partial charge in [0.05, 0.1) is 11.8 Å². The number of rotatable bonds is 3. The van der Waals surface area contributed by atoms with Crippen molar-refractivity contribution >= 4 is 5.78 Å². The molecular weight excluding hydrogens is 220 g/mol. The molecule has 0 N–H and O–H groups in total. The zero-order valence-corrected chi connectivity index (χ0v) is 9.01. The van der Waals surface area contributed by atoms with Crippen molar-refractivity contribution in [3.8, 4) is 11.5 Å². The average molecular weight is 230 g/mol. The Balaban J connectivity index is 1.80. The van der Waals surface area contributed by atoms with E-state index in [9.17, 15) is 4.79 Å². The monoisotopic (exact) mass is 230 g/mol. The zero-order chi connectivity index (χ0) is 11.7. The second-order valence-electron chi connectivity index (χ2n) is 3.80. The van der Waals surface area contributed by atoms with Gasteiger partial charge in [-0.25, -0.2) is 0 Å². The van der Waals surface area contributed by atoms with Crippen LogP contribution < -0.4 is 9.47 Å². The maximum atomic E-state index is 11.8. The molecule has 2 heterocycles. The molecule has 0 bridgehead atoms. The summed E-state index contributed by atoms with van der Waals surface area (Å²) in [6.07, 6.45) is 3.28. The molecule has 0 unspecified atom stereocenters. The van der Waals surface area contributed by atoms with E-state index in [1.54, 1.807) is 6.07 Å². The van der Waals surface area contributed by atoms with Crippen molar-refractivity contribution in [1.29, 1.82) is 0 Å². The Morgan fingerprint density at radius 2 is 2.06 bits per heavy atom. The van der Waals surface area contributed by atoms with E-state index >= 15 is 0 Å². The highest BCUT2D eigenvalue weighted by Crippen LogP contribution is 2.32. The van der Waals surface area contributed by atoms with Crippen LogP contribution in [0.4, 0.5) is 0 Å². The van der Waals surface area contributed by atoms with Crippen molar-refractivity contribution in [2.24, 2.45) is 0 Å². The van der Waals surface area contributed by atoms with E-state index in [4.69, 9.17) is 13.9 Å². The van der Waals surface area contributed by atoms with Crippen molar-refractivity contribution in [1.82, 2.24) is 0 Å². The summed E-state index contributed by atoms with van der Waals surface area (Å²) in [5.74, 6) is 1.45. The molecule has 0 radical (unpaired) electrons. The van der Waals surface area contributed by atoms with Crippen LogP contribution in [0.1, 0.15) is 15.9 Å². The molecule has 1 aliphatic rings. The fraction of sp³-hybridized carbons (Fsp3) is 0.154. The van der Waals surface area contributed by atoms with Crippen LogP contribution in [-0.4, -0.2) is 12.6 Å². The standard InChI is InChI=1S/C13H10O4/c14-11(10-3-4-15-7-10)5-9-1-2-12-13(6-9)17-8-16-12/h1-4,6-7H,5,8H2. The van der Waals surface area contributed by atoms with Crippen molar-refractivity contribution < 1.29 is 18.7 Å². The average Bonchev–Trinajstić information content (AvgIpc) is 2.99. The molecule has 4 nitrogen and oxygen atoms in total. The first-order chi connectivity index (χ1) is 8.33. The molecule has 0 amide bonds. The molecule has 1 aromatic carbocycles. The summed E-state index contributed by atoms with van der Waals surface area (Å²) >= 11 is 0. The molecular formula is C13H10O4. The van der Waals surface area contributed by atoms with Gasteiger partial charge in [-0.15, -0.1) is 0 Å². The van der Waals surface area contributed by atoms with Gasteiger partial charge in [-0.1, -0.05) is 6.07 Å². The van der Waals surface area contributed by atoms with E-state index in [0.717, 1.165) is 11.3 Å². The molecule has 1 aliphatic heterocycles. The first-order valence-corrected chi connectivity index (χ1v) is 5.27. The first kappa shape index (κ1) is 9.96. The molecule has 1 aromatic heterocycles. The Morgan fingerprint density at radius 3 is 2.88 bits per heavy atom. The molecule has 0 spiro atoms. The van der Waals surface area contributed by atoms with Gasteiger partial charge in [-0.3, -0.25) is 4.79 Å². The number of hydrogen-bond donors (Lipinski definition) is 0. The maximum Gasteiger partial charge on any atom is 0.231 e. The van der Waals surface area contributed by atoms with E-state index in [1.165, 1.54) is 12.5 Å². The smallest absolute Gasteiger partial charge is 0.231 e. The number of hydrogen-bond acceptors (Lipinski definition) is 4. The lowest BCUT2D eigenvalue weighted by Crippen LogP contribution is -2.01. The Labute approximate surface area is 97.8 Å². The molecule has 0 saturated carbocycles. The number of fused-ring (bicyclic) bond motifs is 1. The molecule has 86 valence electrons. The van der Waals surface area contributed by atoms with Crippen LogP contribution in [-0.2, 0) is 6.42 Å². The highest BCUT2D eigenvalue weighted by molar-refractivity contribution is 5.97. The van der Waals surface area contributed by atoms with Gasteiger partial charge >= 0.3 is 0 Å². The lowest BCUT2D eigenvalue weighted by molar-refractivity contribution is 0.0992. The van der Waals surface area contributed by atoms with Crippen molar-refractivity contribution in [3.05, 3.63) is 47.9 Å². The third-order valence-electron chi connectivity index (χ3n) is 2.64. The summed E-state index contributed by atoms with van der Waals surface area (Å²) in [5.41, 5.74) is 1.49. The minimum atomic E-state index is 0.0256. The zero-order valence-electron chi connectivity index (χ0n) is 9.01. The summed E-state index contributed by atoms with van der Waals surface area (Å²) < 4.78 is 15.3. The predicted octanol–water partition coefficient (Wildman–Crippen LogP) is 2.43.